The summed E-state index contributed by atoms with van der Waals surface area (Å²) in [5.74, 6) is -0.0723. The van der Waals surface area contributed by atoms with Crippen molar-refractivity contribution in [2.24, 2.45) is 0 Å². The van der Waals surface area contributed by atoms with E-state index in [0.717, 1.165) is 12.0 Å². The lowest BCUT2D eigenvalue weighted by Crippen LogP contribution is -2.37. The maximum absolute atomic E-state index is 12.6. The Bertz CT molecular complexity index is 539. The zero-order valence-corrected chi connectivity index (χ0v) is 13.1. The van der Waals surface area contributed by atoms with E-state index in [0.29, 0.717) is 13.1 Å². The molecule has 0 radical (unpaired) electrons. The van der Waals surface area contributed by atoms with Gasteiger partial charge in [0.15, 0.2) is 0 Å². The molecule has 1 heterocycles. The lowest BCUT2D eigenvalue weighted by molar-refractivity contribution is -0.132. The molecule has 0 aliphatic rings. The highest BCUT2D eigenvalue weighted by molar-refractivity contribution is 7.08. The van der Waals surface area contributed by atoms with Gasteiger partial charge in [0.2, 0.25) is 5.91 Å². The Kier molecular flexibility index (Phi) is 5.96. The lowest BCUT2D eigenvalue weighted by atomic mass is 10.0. The highest BCUT2D eigenvalue weighted by Gasteiger charge is 2.21. The Morgan fingerprint density at radius 3 is 2.62 bits per heavy atom. The summed E-state index contributed by atoms with van der Waals surface area (Å²) in [6, 6.07) is 12.1. The molecule has 1 aromatic carbocycles. The summed E-state index contributed by atoms with van der Waals surface area (Å²) in [4.78, 5) is 14.3. The molecule has 0 saturated carbocycles. The number of aliphatic hydroxyl groups is 1. The van der Waals surface area contributed by atoms with E-state index >= 15 is 0 Å². The van der Waals surface area contributed by atoms with E-state index in [1.807, 2.05) is 41.9 Å². The van der Waals surface area contributed by atoms with Crippen molar-refractivity contribution in [3.8, 4) is 0 Å². The molecule has 0 fully saturated rings. The zero-order valence-electron chi connectivity index (χ0n) is 12.2. The molecule has 1 aromatic heterocycles. The predicted molar refractivity (Wildman–Crippen MR) is 86.5 cm³/mol. The minimum Gasteiger partial charge on any atom is -0.395 e. The predicted octanol–water partition coefficient (Wildman–Crippen LogP) is 2.92. The molecule has 1 atom stereocenters. The molecule has 0 spiro atoms. The van der Waals surface area contributed by atoms with Gasteiger partial charge < -0.3 is 10.0 Å². The lowest BCUT2D eigenvalue weighted by Gasteiger charge is -2.25. The fourth-order valence-corrected chi connectivity index (χ4v) is 3.05. The molecule has 1 unspecified atom stereocenters. The number of benzene rings is 1. The van der Waals surface area contributed by atoms with Crippen LogP contribution < -0.4 is 0 Å². The first kappa shape index (κ1) is 15.7. The Morgan fingerprint density at radius 2 is 2.00 bits per heavy atom. The molecule has 3 nitrogen and oxygen atoms in total. The summed E-state index contributed by atoms with van der Waals surface area (Å²) >= 11 is 1.60. The van der Waals surface area contributed by atoms with E-state index < -0.39 is 0 Å². The molecule has 0 aliphatic heterocycles. The number of thiophene rings is 1. The monoisotopic (exact) mass is 303 g/mol. The van der Waals surface area contributed by atoms with Crippen molar-refractivity contribution in [1.29, 1.82) is 0 Å². The summed E-state index contributed by atoms with van der Waals surface area (Å²) in [7, 11) is 0. The van der Waals surface area contributed by atoms with Gasteiger partial charge in [0.25, 0.3) is 0 Å². The average Bonchev–Trinajstić information content (AvgIpc) is 3.05. The quantitative estimate of drug-likeness (QED) is 0.854. The van der Waals surface area contributed by atoms with Gasteiger partial charge in [0.1, 0.15) is 0 Å². The van der Waals surface area contributed by atoms with E-state index in [9.17, 15) is 9.90 Å². The minimum absolute atomic E-state index is 0.00309. The first-order valence-corrected chi connectivity index (χ1v) is 8.12. The standard InChI is InChI=1S/C17H21NO2S/c1-14(16-8-12-21-13-16)17(20)18(10-11-19)9-7-15-5-3-2-4-6-15/h2-6,8,12-14,19H,7,9-11H2,1H3. The number of aliphatic hydroxyl groups excluding tert-OH is 1. The Labute approximate surface area is 129 Å². The summed E-state index contributed by atoms with van der Waals surface area (Å²) in [5.41, 5.74) is 2.25. The number of carbonyl (C=O) groups is 1. The highest BCUT2D eigenvalue weighted by Crippen LogP contribution is 2.20. The molecule has 21 heavy (non-hydrogen) atoms. The van der Waals surface area contributed by atoms with Gasteiger partial charge in [-0.3, -0.25) is 4.79 Å². The van der Waals surface area contributed by atoms with Crippen LogP contribution in [0.15, 0.2) is 47.2 Å². The molecule has 0 saturated heterocycles. The van der Waals surface area contributed by atoms with Crippen molar-refractivity contribution in [1.82, 2.24) is 4.90 Å². The van der Waals surface area contributed by atoms with Crippen molar-refractivity contribution >= 4 is 17.2 Å². The smallest absolute Gasteiger partial charge is 0.229 e. The number of amides is 1. The Morgan fingerprint density at radius 1 is 1.24 bits per heavy atom. The van der Waals surface area contributed by atoms with Crippen LogP contribution in [0.2, 0.25) is 0 Å². The van der Waals surface area contributed by atoms with Crippen molar-refractivity contribution in [2.75, 3.05) is 19.7 Å². The van der Waals surface area contributed by atoms with Gasteiger partial charge >= 0.3 is 0 Å². The van der Waals surface area contributed by atoms with E-state index in [1.54, 1.807) is 16.2 Å². The fraction of sp³-hybridized carbons (Fsp3) is 0.353. The number of rotatable bonds is 7. The van der Waals surface area contributed by atoms with Crippen LogP contribution in [0.4, 0.5) is 0 Å². The SMILES string of the molecule is CC(C(=O)N(CCO)CCc1ccccc1)c1ccsc1. The molecule has 1 N–H and O–H groups in total. The zero-order chi connectivity index (χ0) is 15.1. The molecule has 112 valence electrons. The van der Waals surface area contributed by atoms with Crippen LogP contribution in [-0.2, 0) is 11.2 Å². The second-order valence-electron chi connectivity index (χ2n) is 5.06. The first-order chi connectivity index (χ1) is 10.2. The summed E-state index contributed by atoms with van der Waals surface area (Å²) < 4.78 is 0. The molecule has 1 amide bonds. The van der Waals surface area contributed by atoms with E-state index in [2.05, 4.69) is 12.1 Å². The first-order valence-electron chi connectivity index (χ1n) is 7.18. The van der Waals surface area contributed by atoms with Crippen molar-refractivity contribution < 1.29 is 9.90 Å². The van der Waals surface area contributed by atoms with E-state index in [-0.39, 0.29) is 18.4 Å². The summed E-state index contributed by atoms with van der Waals surface area (Å²) in [5, 5.41) is 13.2. The second-order valence-corrected chi connectivity index (χ2v) is 5.84. The number of hydrogen-bond acceptors (Lipinski definition) is 3. The maximum Gasteiger partial charge on any atom is 0.229 e. The van der Waals surface area contributed by atoms with Gasteiger partial charge in [-0.15, -0.1) is 0 Å². The molecule has 0 aliphatic carbocycles. The normalized spacial score (nSPS) is 12.1. The van der Waals surface area contributed by atoms with Gasteiger partial charge in [-0.1, -0.05) is 30.3 Å². The second kappa shape index (κ2) is 7.96. The van der Waals surface area contributed by atoms with E-state index in [4.69, 9.17) is 0 Å². The van der Waals surface area contributed by atoms with Gasteiger partial charge in [-0.05, 0) is 41.3 Å². The van der Waals surface area contributed by atoms with Crippen molar-refractivity contribution in [3.63, 3.8) is 0 Å². The van der Waals surface area contributed by atoms with Gasteiger partial charge in [0.05, 0.1) is 12.5 Å². The Balaban J connectivity index is 1.99. The molecular weight excluding hydrogens is 282 g/mol. The maximum atomic E-state index is 12.6. The molecule has 0 bridgehead atoms. The molecular formula is C17H21NO2S. The van der Waals surface area contributed by atoms with Gasteiger partial charge in [-0.2, -0.15) is 11.3 Å². The van der Waals surface area contributed by atoms with Gasteiger partial charge in [0, 0.05) is 13.1 Å². The molecule has 4 heteroatoms. The van der Waals surface area contributed by atoms with Crippen molar-refractivity contribution in [2.45, 2.75) is 19.3 Å². The molecule has 2 rings (SSSR count). The van der Waals surface area contributed by atoms with Crippen LogP contribution in [0, 0.1) is 0 Å². The average molecular weight is 303 g/mol. The van der Waals surface area contributed by atoms with Crippen LogP contribution in [-0.4, -0.2) is 35.6 Å². The third-order valence-electron chi connectivity index (χ3n) is 3.61. The van der Waals surface area contributed by atoms with Gasteiger partial charge in [-0.25, -0.2) is 0 Å². The largest absolute Gasteiger partial charge is 0.395 e. The van der Waals surface area contributed by atoms with Crippen LogP contribution in [0.3, 0.4) is 0 Å². The van der Waals surface area contributed by atoms with Crippen LogP contribution in [0.5, 0.6) is 0 Å². The summed E-state index contributed by atoms with van der Waals surface area (Å²) in [6.07, 6.45) is 0.808. The number of hydrogen-bond donors (Lipinski definition) is 1. The fourth-order valence-electron chi connectivity index (χ4n) is 2.30. The topological polar surface area (TPSA) is 40.5 Å². The summed E-state index contributed by atoms with van der Waals surface area (Å²) in [6.45, 7) is 2.95. The number of nitrogens with zero attached hydrogens (tertiary/aromatic N) is 1. The minimum atomic E-state index is -0.154. The Hall–Kier alpha value is -1.65. The van der Waals surface area contributed by atoms with Crippen LogP contribution >= 0.6 is 11.3 Å². The highest BCUT2D eigenvalue weighted by atomic mass is 32.1. The third kappa shape index (κ3) is 4.41. The third-order valence-corrected chi connectivity index (χ3v) is 4.31. The molecule has 2 aromatic rings. The van der Waals surface area contributed by atoms with Crippen LogP contribution in [0.25, 0.3) is 0 Å². The van der Waals surface area contributed by atoms with Crippen LogP contribution in [0.1, 0.15) is 24.0 Å². The number of carbonyl (C=O) groups excluding carboxylic acids is 1. The van der Waals surface area contributed by atoms with Crippen molar-refractivity contribution in [3.05, 3.63) is 58.3 Å². The van der Waals surface area contributed by atoms with E-state index in [1.165, 1.54) is 5.56 Å².